The van der Waals surface area contributed by atoms with Crippen LogP contribution in [0.25, 0.3) is 16.7 Å². The second-order valence-electron chi connectivity index (χ2n) is 5.83. The van der Waals surface area contributed by atoms with Gasteiger partial charge >= 0.3 is 5.97 Å². The zero-order valence-corrected chi connectivity index (χ0v) is 13.7. The van der Waals surface area contributed by atoms with E-state index in [-0.39, 0.29) is 5.82 Å². The van der Waals surface area contributed by atoms with Crippen molar-refractivity contribution in [3.8, 4) is 0 Å². The van der Waals surface area contributed by atoms with Crippen LogP contribution < -0.4 is 4.90 Å². The molecule has 8 nitrogen and oxygen atoms in total. The number of hydrogen-bond acceptors (Lipinski definition) is 6. The highest BCUT2D eigenvalue weighted by molar-refractivity contribution is 6.31. The molecule has 0 aliphatic carbocycles. The van der Waals surface area contributed by atoms with Gasteiger partial charge in [-0.25, -0.2) is 14.3 Å². The van der Waals surface area contributed by atoms with E-state index in [1.54, 1.807) is 18.2 Å². The van der Waals surface area contributed by atoms with Gasteiger partial charge in [0, 0.05) is 31.2 Å². The van der Waals surface area contributed by atoms with E-state index >= 15 is 0 Å². The van der Waals surface area contributed by atoms with Gasteiger partial charge in [0.2, 0.25) is 0 Å². The Morgan fingerprint density at radius 3 is 2.67 bits per heavy atom. The van der Waals surface area contributed by atoms with E-state index < -0.39 is 5.97 Å². The first-order valence-corrected chi connectivity index (χ1v) is 7.93. The standard InChI is InChI=1S/C15H15ClN6O2/c1-20-4-6-21(7-5-20)13-14-18-12(15(23)24)19-22(14)11-8-9(16)2-3-10(11)17-13/h2-3,8H,4-7H2,1H3,(H,23,24). The van der Waals surface area contributed by atoms with E-state index in [1.165, 1.54) is 4.52 Å². The molecule has 0 amide bonds. The molecule has 2 aromatic heterocycles. The number of anilines is 1. The van der Waals surface area contributed by atoms with Crippen LogP contribution in [0.5, 0.6) is 0 Å². The van der Waals surface area contributed by atoms with Gasteiger partial charge in [-0.3, -0.25) is 0 Å². The molecule has 0 saturated carbocycles. The number of hydrogen-bond donors (Lipinski definition) is 1. The lowest BCUT2D eigenvalue weighted by Gasteiger charge is -2.33. The number of carboxylic acids is 1. The smallest absolute Gasteiger partial charge is 0.375 e. The van der Waals surface area contributed by atoms with Gasteiger partial charge in [-0.15, -0.1) is 5.10 Å². The van der Waals surface area contributed by atoms with Crippen LogP contribution in [0.15, 0.2) is 18.2 Å². The predicted octanol–water partition coefficient (Wildman–Crippen LogP) is 1.38. The van der Waals surface area contributed by atoms with Crippen LogP contribution in [0, 0.1) is 0 Å². The van der Waals surface area contributed by atoms with Crippen LogP contribution in [-0.4, -0.2) is 68.8 Å². The lowest BCUT2D eigenvalue weighted by molar-refractivity contribution is 0.0684. The fraction of sp³-hybridized carbons (Fsp3) is 0.333. The summed E-state index contributed by atoms with van der Waals surface area (Å²) in [4.78, 5) is 24.5. The van der Waals surface area contributed by atoms with E-state index in [0.717, 1.165) is 26.2 Å². The Hall–Kier alpha value is -2.45. The molecule has 1 aliphatic rings. The second kappa shape index (κ2) is 5.57. The van der Waals surface area contributed by atoms with E-state index in [9.17, 15) is 9.90 Å². The number of rotatable bonds is 2. The molecular weight excluding hydrogens is 332 g/mol. The van der Waals surface area contributed by atoms with Crippen molar-refractivity contribution in [3.63, 3.8) is 0 Å². The van der Waals surface area contributed by atoms with Gasteiger partial charge in [0.05, 0.1) is 11.0 Å². The molecule has 0 unspecified atom stereocenters. The van der Waals surface area contributed by atoms with Gasteiger partial charge in [0.1, 0.15) is 0 Å². The first kappa shape index (κ1) is 15.1. The monoisotopic (exact) mass is 346 g/mol. The van der Waals surface area contributed by atoms with Crippen LogP contribution in [0.3, 0.4) is 0 Å². The Balaban J connectivity index is 1.97. The highest BCUT2D eigenvalue weighted by Crippen LogP contribution is 2.26. The summed E-state index contributed by atoms with van der Waals surface area (Å²) in [6.07, 6.45) is 0. The number of benzene rings is 1. The number of nitrogens with zero attached hydrogens (tertiary/aromatic N) is 6. The molecule has 1 aromatic carbocycles. The van der Waals surface area contributed by atoms with E-state index in [0.29, 0.717) is 27.5 Å². The van der Waals surface area contributed by atoms with Crippen LogP contribution >= 0.6 is 11.6 Å². The summed E-state index contributed by atoms with van der Waals surface area (Å²) >= 11 is 6.07. The summed E-state index contributed by atoms with van der Waals surface area (Å²) in [5.41, 5.74) is 1.77. The van der Waals surface area contributed by atoms with Crippen LogP contribution in [0.2, 0.25) is 5.02 Å². The largest absolute Gasteiger partial charge is 0.475 e. The Bertz CT molecular complexity index is 948. The molecule has 24 heavy (non-hydrogen) atoms. The Morgan fingerprint density at radius 1 is 1.21 bits per heavy atom. The number of piperazine rings is 1. The highest BCUT2D eigenvalue weighted by Gasteiger charge is 2.23. The number of carboxylic acid groups (broad SMARTS) is 1. The van der Waals surface area contributed by atoms with Crippen molar-refractivity contribution in [1.29, 1.82) is 0 Å². The SMILES string of the molecule is CN1CCN(c2nc3ccc(Cl)cc3n3nc(C(=O)O)nc23)CC1. The third-order valence-electron chi connectivity index (χ3n) is 4.19. The first-order chi connectivity index (χ1) is 11.5. The van der Waals surface area contributed by atoms with Crippen molar-refractivity contribution in [1.82, 2.24) is 24.5 Å². The minimum atomic E-state index is -1.17. The van der Waals surface area contributed by atoms with Crippen molar-refractivity contribution in [2.24, 2.45) is 0 Å². The molecule has 1 N–H and O–H groups in total. The highest BCUT2D eigenvalue weighted by atomic mass is 35.5. The summed E-state index contributed by atoms with van der Waals surface area (Å²) in [5.74, 6) is -0.768. The van der Waals surface area contributed by atoms with Crippen molar-refractivity contribution in [2.75, 3.05) is 38.1 Å². The molecule has 0 bridgehead atoms. The van der Waals surface area contributed by atoms with Crippen molar-refractivity contribution < 1.29 is 9.90 Å². The zero-order valence-electron chi connectivity index (χ0n) is 13.0. The molecule has 0 spiro atoms. The number of likely N-dealkylation sites (N-methyl/N-ethyl adjacent to an activating group) is 1. The summed E-state index contributed by atoms with van der Waals surface area (Å²) < 4.78 is 1.52. The number of aromatic nitrogens is 4. The van der Waals surface area contributed by atoms with Crippen molar-refractivity contribution in [2.45, 2.75) is 0 Å². The number of aromatic carboxylic acids is 1. The van der Waals surface area contributed by atoms with Crippen LogP contribution in [-0.2, 0) is 0 Å². The molecule has 1 fully saturated rings. The first-order valence-electron chi connectivity index (χ1n) is 7.56. The zero-order chi connectivity index (χ0) is 16.8. The summed E-state index contributed by atoms with van der Waals surface area (Å²) in [6, 6.07) is 5.27. The molecule has 0 atom stereocenters. The van der Waals surface area contributed by atoms with Gasteiger partial charge in [-0.2, -0.15) is 4.98 Å². The van der Waals surface area contributed by atoms with Gasteiger partial charge in [-0.05, 0) is 25.2 Å². The van der Waals surface area contributed by atoms with E-state index in [2.05, 4.69) is 26.9 Å². The summed E-state index contributed by atoms with van der Waals surface area (Å²) in [7, 11) is 2.07. The average molecular weight is 347 g/mol. The van der Waals surface area contributed by atoms with Crippen molar-refractivity contribution >= 4 is 40.1 Å². The fourth-order valence-electron chi connectivity index (χ4n) is 2.87. The fourth-order valence-corrected chi connectivity index (χ4v) is 3.04. The third-order valence-corrected chi connectivity index (χ3v) is 4.43. The maximum Gasteiger partial charge on any atom is 0.375 e. The lowest BCUT2D eigenvalue weighted by atomic mass is 10.3. The number of halogens is 1. The minimum Gasteiger partial charge on any atom is -0.475 e. The normalized spacial score (nSPS) is 16.2. The Morgan fingerprint density at radius 2 is 1.96 bits per heavy atom. The Labute approximate surface area is 142 Å². The quantitative estimate of drug-likeness (QED) is 0.750. The number of carbonyl (C=O) groups is 1. The van der Waals surface area contributed by atoms with Crippen LogP contribution in [0.1, 0.15) is 10.6 Å². The predicted molar refractivity (Wildman–Crippen MR) is 90.0 cm³/mol. The summed E-state index contributed by atoms with van der Waals surface area (Å²) in [6.45, 7) is 3.42. The molecular formula is C15H15ClN6O2. The number of fused-ring (bicyclic) bond motifs is 3. The van der Waals surface area contributed by atoms with Gasteiger partial charge in [0.15, 0.2) is 11.5 Å². The van der Waals surface area contributed by atoms with Gasteiger partial charge in [-0.1, -0.05) is 11.6 Å². The molecule has 0 radical (unpaired) electrons. The Kier molecular flexibility index (Phi) is 3.50. The minimum absolute atomic E-state index is 0.250. The second-order valence-corrected chi connectivity index (χ2v) is 6.27. The topological polar surface area (TPSA) is 86.9 Å². The maximum atomic E-state index is 11.3. The lowest BCUT2D eigenvalue weighted by Crippen LogP contribution is -2.45. The molecule has 4 rings (SSSR count). The van der Waals surface area contributed by atoms with Gasteiger partial charge in [0.25, 0.3) is 5.82 Å². The molecule has 1 saturated heterocycles. The van der Waals surface area contributed by atoms with E-state index in [4.69, 9.17) is 16.6 Å². The third kappa shape index (κ3) is 2.44. The molecule has 3 aromatic rings. The molecule has 3 heterocycles. The van der Waals surface area contributed by atoms with Gasteiger partial charge < -0.3 is 14.9 Å². The molecule has 9 heteroatoms. The van der Waals surface area contributed by atoms with E-state index in [1.807, 2.05) is 0 Å². The summed E-state index contributed by atoms with van der Waals surface area (Å²) in [5, 5.41) is 13.9. The van der Waals surface area contributed by atoms with Crippen LogP contribution in [0.4, 0.5) is 5.82 Å². The molecule has 1 aliphatic heterocycles. The molecule has 124 valence electrons. The average Bonchev–Trinajstić information content (AvgIpc) is 3.01. The maximum absolute atomic E-state index is 11.3. The van der Waals surface area contributed by atoms with Crippen molar-refractivity contribution in [3.05, 3.63) is 29.0 Å².